The van der Waals surface area contributed by atoms with E-state index in [4.69, 9.17) is 2.74 Å². The lowest BCUT2D eigenvalue weighted by molar-refractivity contribution is 0.379. The summed E-state index contributed by atoms with van der Waals surface area (Å²) in [4.78, 5) is 2.05. The second kappa shape index (κ2) is 3.72. The van der Waals surface area contributed by atoms with Crippen LogP contribution in [-0.2, 0) is 6.54 Å². The van der Waals surface area contributed by atoms with Gasteiger partial charge >= 0.3 is 0 Å². The molecule has 0 amide bonds. The van der Waals surface area contributed by atoms with E-state index in [9.17, 15) is 0 Å². The predicted molar refractivity (Wildman–Crippen MR) is 50.4 cm³/mol. The van der Waals surface area contributed by atoms with Gasteiger partial charge in [-0.25, -0.2) is 0 Å². The molecule has 0 aromatic heterocycles. The van der Waals surface area contributed by atoms with Gasteiger partial charge in [0.1, 0.15) is 0 Å². The zero-order chi connectivity index (χ0) is 9.97. The Bertz CT molecular complexity index is 314. The third kappa shape index (κ3) is 1.86. The molecule has 1 fully saturated rings. The van der Waals surface area contributed by atoms with Crippen LogP contribution in [0.5, 0.6) is 0 Å². The minimum atomic E-state index is 0.576. The van der Waals surface area contributed by atoms with Gasteiger partial charge in [-0.3, -0.25) is 4.90 Å². The molecule has 1 radical (unpaired) electrons. The summed E-state index contributed by atoms with van der Waals surface area (Å²) in [6.45, 7) is 2.40. The lowest BCUT2D eigenvalue weighted by atomic mass is 10.2. The second-order valence-corrected chi connectivity index (χ2v) is 3.07. The maximum absolute atomic E-state index is 7.70. The van der Waals surface area contributed by atoms with Gasteiger partial charge < -0.3 is 0 Å². The molecule has 0 bridgehead atoms. The van der Waals surface area contributed by atoms with Crippen molar-refractivity contribution in [1.82, 2.24) is 4.90 Å². The van der Waals surface area contributed by atoms with E-state index in [1.54, 1.807) is 6.07 Å². The van der Waals surface area contributed by atoms with Crippen LogP contribution in [0.4, 0.5) is 0 Å². The van der Waals surface area contributed by atoms with Crippen LogP contribution in [0.25, 0.3) is 0 Å². The predicted octanol–water partition coefficient (Wildman–Crippen LogP) is 2.44. The fourth-order valence-electron chi connectivity index (χ4n) is 1.46. The van der Waals surface area contributed by atoms with Gasteiger partial charge in [0.05, 0.1) is 1.37 Å². The molecule has 1 nitrogen and oxygen atoms in total. The van der Waals surface area contributed by atoms with Crippen molar-refractivity contribution in [2.45, 2.75) is 19.4 Å². The fourth-order valence-corrected chi connectivity index (χ4v) is 1.46. The van der Waals surface area contributed by atoms with Crippen molar-refractivity contribution in [3.63, 3.8) is 0 Å². The minimum absolute atomic E-state index is 0.576. The summed E-state index contributed by atoms with van der Waals surface area (Å²) in [5, 5.41) is 0. The Hall–Kier alpha value is -0.820. The molecule has 2 rings (SSSR count). The number of nitrogens with zero attached hydrogens (tertiary/aromatic N) is 1. The van der Waals surface area contributed by atoms with Crippen molar-refractivity contribution in [3.05, 3.63) is 42.4 Å². The summed E-state index contributed by atoms with van der Waals surface area (Å²) in [5.74, 6) is 0. The van der Waals surface area contributed by atoms with Crippen molar-refractivity contribution in [2.24, 2.45) is 0 Å². The zero-order valence-corrected chi connectivity index (χ0v) is 7.09. The molecule has 0 atom stereocenters. The molecule has 0 N–H and O–H groups in total. The van der Waals surface area contributed by atoms with Gasteiger partial charge in [0.15, 0.2) is 0 Å². The average Bonchev–Trinajstić information content (AvgIpc) is 2.56. The number of hydrogen-bond donors (Lipinski definition) is 0. The highest BCUT2D eigenvalue weighted by molar-refractivity contribution is 5.14. The van der Waals surface area contributed by atoms with Crippen molar-refractivity contribution in [1.29, 1.82) is 0 Å². The molecule has 0 spiro atoms. The normalized spacial score (nSPS) is 22.3. The Balaban J connectivity index is 2.07. The highest BCUT2D eigenvalue weighted by Gasteiger charge is 2.11. The highest BCUT2D eigenvalue weighted by atomic mass is 15.1. The Labute approximate surface area is 76.8 Å². The molecule has 1 aliphatic heterocycles. The molecule has 1 aromatic carbocycles. The maximum Gasteiger partial charge on any atom is 0.0626 e. The summed E-state index contributed by atoms with van der Waals surface area (Å²) in [6, 6.07) is 8.17. The second-order valence-electron chi connectivity index (χ2n) is 3.07. The molecule has 12 heavy (non-hydrogen) atoms. The van der Waals surface area contributed by atoms with E-state index in [-0.39, 0.29) is 0 Å². The first kappa shape index (κ1) is 5.76. The molecular formula is C11H14N. The summed E-state index contributed by atoms with van der Waals surface area (Å²) in [7, 11) is 0. The molecule has 0 unspecified atom stereocenters. The molecule has 1 aromatic rings. The number of rotatable bonds is 2. The number of hydrogen-bond acceptors (Lipinski definition) is 1. The Morgan fingerprint density at radius 3 is 3.17 bits per heavy atom. The van der Waals surface area contributed by atoms with E-state index < -0.39 is 0 Å². The number of likely N-dealkylation sites (tertiary alicyclic amines) is 1. The van der Waals surface area contributed by atoms with Crippen LogP contribution in [-0.4, -0.2) is 11.4 Å². The van der Waals surface area contributed by atoms with Crippen LogP contribution < -0.4 is 0 Å². The van der Waals surface area contributed by atoms with Gasteiger partial charge in [0, 0.05) is 14.4 Å². The van der Waals surface area contributed by atoms with E-state index in [1.807, 2.05) is 23.1 Å². The first-order valence-corrected chi connectivity index (χ1v) is 4.39. The van der Waals surface area contributed by atoms with Crippen LogP contribution in [0.2, 0.25) is 0 Å². The fraction of sp³-hybridized carbons (Fsp3) is 0.364. The monoisotopic (exact) mass is 162 g/mol. The Kier molecular flexibility index (Phi) is 1.79. The first-order valence-electron chi connectivity index (χ1n) is 5.39. The highest BCUT2D eigenvalue weighted by Crippen LogP contribution is 2.15. The van der Waals surface area contributed by atoms with Crippen molar-refractivity contribution in [3.8, 4) is 0 Å². The molecule has 0 aliphatic carbocycles. The molecule has 0 saturated carbocycles. The zero-order valence-electron chi connectivity index (χ0n) is 9.09. The van der Waals surface area contributed by atoms with Crippen LogP contribution in [0, 0.1) is 6.52 Å². The SMILES string of the molecule is [2H][C]1CCCN1Cc1ccccc1[2H]. The third-order valence-corrected chi connectivity index (χ3v) is 2.07. The van der Waals surface area contributed by atoms with E-state index >= 15 is 0 Å². The summed E-state index contributed by atoms with van der Waals surface area (Å²) in [5.41, 5.74) is 1.01. The Morgan fingerprint density at radius 1 is 1.42 bits per heavy atom. The van der Waals surface area contributed by atoms with Crippen molar-refractivity contribution in [2.75, 3.05) is 6.54 Å². The molecule has 63 valence electrons. The van der Waals surface area contributed by atoms with Crippen LogP contribution in [0.1, 0.15) is 21.1 Å². The van der Waals surface area contributed by atoms with E-state index in [1.165, 1.54) is 0 Å². The van der Waals surface area contributed by atoms with Gasteiger partial charge in [0.25, 0.3) is 0 Å². The smallest absolute Gasteiger partial charge is 0.0626 e. The van der Waals surface area contributed by atoms with Gasteiger partial charge in [-0.2, -0.15) is 0 Å². The summed E-state index contributed by atoms with van der Waals surface area (Å²) in [6.07, 6.45) is 1.97. The van der Waals surface area contributed by atoms with Gasteiger partial charge in [-0.05, 0) is 24.9 Å². The Morgan fingerprint density at radius 2 is 2.42 bits per heavy atom. The molecule has 1 aliphatic rings. The van der Waals surface area contributed by atoms with Crippen LogP contribution >= 0.6 is 0 Å². The van der Waals surface area contributed by atoms with Gasteiger partial charge in [0.2, 0.25) is 0 Å². The molecule has 1 heteroatoms. The minimum Gasteiger partial charge on any atom is -0.295 e. The van der Waals surface area contributed by atoms with E-state index in [0.29, 0.717) is 12.6 Å². The lowest BCUT2D eigenvalue weighted by Gasteiger charge is -2.13. The summed E-state index contributed by atoms with van der Waals surface area (Å²) >= 11 is 0. The first-order chi connectivity index (χ1) is 6.77. The van der Waals surface area contributed by atoms with Crippen molar-refractivity contribution < 1.29 is 2.74 Å². The molecular weight excluding hydrogens is 146 g/mol. The standard InChI is InChI=1S/C11H14N/c1-2-6-11(7-3-1)10-12-8-4-5-9-12/h1-3,6-8H,4-5,9-10H2/i6D,8D. The van der Waals surface area contributed by atoms with Crippen molar-refractivity contribution >= 4 is 0 Å². The van der Waals surface area contributed by atoms with Crippen LogP contribution in [0.3, 0.4) is 0 Å². The molecule has 1 heterocycles. The van der Waals surface area contributed by atoms with Gasteiger partial charge in [-0.15, -0.1) is 0 Å². The van der Waals surface area contributed by atoms with Crippen LogP contribution in [0.15, 0.2) is 30.3 Å². The quantitative estimate of drug-likeness (QED) is 0.645. The third-order valence-electron chi connectivity index (χ3n) is 2.07. The van der Waals surface area contributed by atoms with Gasteiger partial charge in [-0.1, -0.05) is 30.3 Å². The maximum atomic E-state index is 7.70. The number of benzene rings is 1. The van der Waals surface area contributed by atoms with E-state index in [0.717, 1.165) is 31.5 Å². The van der Waals surface area contributed by atoms with E-state index in [2.05, 4.69) is 0 Å². The lowest BCUT2D eigenvalue weighted by Crippen LogP contribution is -2.14. The molecule has 1 saturated heterocycles. The average molecular weight is 162 g/mol. The summed E-state index contributed by atoms with van der Waals surface area (Å²) < 4.78 is 15.4. The topological polar surface area (TPSA) is 3.24 Å². The largest absolute Gasteiger partial charge is 0.295 e.